The second kappa shape index (κ2) is 9.04. The van der Waals surface area contributed by atoms with Crippen LogP contribution in [0.2, 0.25) is 0 Å². The van der Waals surface area contributed by atoms with E-state index in [1.807, 2.05) is 25.5 Å². The van der Waals surface area contributed by atoms with Crippen LogP contribution in [0.4, 0.5) is 10.5 Å². The highest BCUT2D eigenvalue weighted by atomic mass is 32.2. The lowest BCUT2D eigenvalue weighted by atomic mass is 10.2. The third kappa shape index (κ3) is 4.91. The highest BCUT2D eigenvalue weighted by Crippen LogP contribution is 2.23. The molecule has 1 fully saturated rings. The summed E-state index contributed by atoms with van der Waals surface area (Å²) in [6.45, 7) is 1.62. The predicted molar refractivity (Wildman–Crippen MR) is 112 cm³/mol. The van der Waals surface area contributed by atoms with Crippen LogP contribution in [0.1, 0.15) is 23.8 Å². The molecule has 1 aromatic carbocycles. The van der Waals surface area contributed by atoms with E-state index in [0.29, 0.717) is 25.3 Å². The van der Waals surface area contributed by atoms with Gasteiger partial charge in [0.05, 0.1) is 10.9 Å². The van der Waals surface area contributed by atoms with Crippen molar-refractivity contribution in [2.75, 3.05) is 39.0 Å². The molecule has 28 heavy (non-hydrogen) atoms. The number of carbonyl (C=O) groups excluding carboxylic acids is 1. The van der Waals surface area contributed by atoms with Gasteiger partial charge in [-0.3, -0.25) is 0 Å². The van der Waals surface area contributed by atoms with Gasteiger partial charge in [0.1, 0.15) is 0 Å². The monoisotopic (exact) mass is 422 g/mol. The standard InChI is InChI=1S/C19H26N4O3S2/c1-22(2)17(18-6-5-13-27-18)14-20-19(24)21-15-7-9-16(10-8-15)28(25,26)23-11-3-4-12-23/h5-10,13,17H,3-4,11-12,14H2,1-2H3,(H2,20,21,24)/t17-/m1/s1. The lowest BCUT2D eigenvalue weighted by Gasteiger charge is -2.23. The molecule has 3 rings (SSSR count). The second-order valence-electron chi connectivity index (χ2n) is 6.97. The number of amides is 2. The van der Waals surface area contributed by atoms with Crippen LogP contribution >= 0.6 is 11.3 Å². The van der Waals surface area contributed by atoms with Gasteiger partial charge in [0.2, 0.25) is 10.0 Å². The van der Waals surface area contributed by atoms with Gasteiger partial charge in [-0.1, -0.05) is 6.07 Å². The van der Waals surface area contributed by atoms with Gasteiger partial charge in [0, 0.05) is 30.2 Å². The summed E-state index contributed by atoms with van der Waals surface area (Å²) in [5, 5.41) is 7.65. The Morgan fingerprint density at radius 3 is 2.43 bits per heavy atom. The summed E-state index contributed by atoms with van der Waals surface area (Å²) in [6.07, 6.45) is 1.80. The molecule has 0 saturated carbocycles. The number of benzene rings is 1. The molecule has 1 aliphatic heterocycles. The van der Waals surface area contributed by atoms with Crippen molar-refractivity contribution in [3.8, 4) is 0 Å². The first-order valence-electron chi connectivity index (χ1n) is 9.23. The van der Waals surface area contributed by atoms with Crippen molar-refractivity contribution in [3.63, 3.8) is 0 Å². The van der Waals surface area contributed by atoms with E-state index in [0.717, 1.165) is 12.8 Å². The maximum Gasteiger partial charge on any atom is 0.319 e. The van der Waals surface area contributed by atoms with Crippen LogP contribution in [0.5, 0.6) is 0 Å². The Morgan fingerprint density at radius 2 is 1.86 bits per heavy atom. The third-order valence-electron chi connectivity index (χ3n) is 4.77. The second-order valence-corrected chi connectivity index (χ2v) is 9.88. The predicted octanol–water partition coefficient (Wildman–Crippen LogP) is 2.96. The Morgan fingerprint density at radius 1 is 1.18 bits per heavy atom. The summed E-state index contributed by atoms with van der Waals surface area (Å²) >= 11 is 1.65. The Hall–Kier alpha value is -1.94. The smallest absolute Gasteiger partial charge is 0.319 e. The van der Waals surface area contributed by atoms with Crippen LogP contribution in [0.3, 0.4) is 0 Å². The number of nitrogens with one attached hydrogen (secondary N) is 2. The van der Waals surface area contributed by atoms with Gasteiger partial charge in [-0.05, 0) is 62.6 Å². The van der Waals surface area contributed by atoms with Gasteiger partial charge in [-0.2, -0.15) is 4.31 Å². The summed E-state index contributed by atoms with van der Waals surface area (Å²) in [4.78, 5) is 15.7. The summed E-state index contributed by atoms with van der Waals surface area (Å²) < 4.78 is 26.6. The van der Waals surface area contributed by atoms with Crippen molar-refractivity contribution < 1.29 is 13.2 Å². The average molecular weight is 423 g/mol. The normalized spacial score (nSPS) is 16.2. The summed E-state index contributed by atoms with van der Waals surface area (Å²) in [6, 6.07) is 10.1. The first-order chi connectivity index (χ1) is 13.4. The number of anilines is 1. The van der Waals surface area contributed by atoms with E-state index in [4.69, 9.17) is 0 Å². The first kappa shape index (κ1) is 20.8. The van der Waals surface area contributed by atoms with E-state index in [1.165, 1.54) is 21.3 Å². The zero-order valence-electron chi connectivity index (χ0n) is 16.1. The Balaban J connectivity index is 1.57. The van der Waals surface area contributed by atoms with Crippen molar-refractivity contribution in [1.82, 2.24) is 14.5 Å². The van der Waals surface area contributed by atoms with Crippen molar-refractivity contribution >= 4 is 33.1 Å². The van der Waals surface area contributed by atoms with Crippen LogP contribution in [0.15, 0.2) is 46.7 Å². The van der Waals surface area contributed by atoms with E-state index in [1.54, 1.807) is 23.5 Å². The zero-order chi connectivity index (χ0) is 20.1. The SMILES string of the molecule is CN(C)[C@H](CNC(=O)Nc1ccc(S(=O)(=O)N2CCCC2)cc1)c1cccs1. The van der Waals surface area contributed by atoms with Gasteiger partial charge in [0.15, 0.2) is 0 Å². The average Bonchev–Trinajstić information content (AvgIpc) is 3.36. The maximum atomic E-state index is 12.5. The topological polar surface area (TPSA) is 81.8 Å². The molecule has 9 heteroatoms. The molecule has 0 aliphatic carbocycles. The summed E-state index contributed by atoms with van der Waals surface area (Å²) in [5.41, 5.74) is 0.551. The van der Waals surface area contributed by atoms with Crippen LogP contribution in [-0.2, 0) is 10.0 Å². The fourth-order valence-electron chi connectivity index (χ4n) is 3.17. The molecule has 7 nitrogen and oxygen atoms in total. The fraction of sp³-hybridized carbons (Fsp3) is 0.421. The van der Waals surface area contributed by atoms with Gasteiger partial charge in [-0.25, -0.2) is 13.2 Å². The van der Waals surface area contributed by atoms with Gasteiger partial charge in [-0.15, -0.1) is 11.3 Å². The van der Waals surface area contributed by atoms with Crippen molar-refractivity contribution in [3.05, 3.63) is 46.7 Å². The quantitative estimate of drug-likeness (QED) is 0.719. The van der Waals surface area contributed by atoms with Crippen LogP contribution in [0.25, 0.3) is 0 Å². The number of likely N-dealkylation sites (N-methyl/N-ethyl adjacent to an activating group) is 1. The van der Waals surface area contributed by atoms with Crippen LogP contribution < -0.4 is 10.6 Å². The zero-order valence-corrected chi connectivity index (χ0v) is 17.7. The number of nitrogens with zero attached hydrogens (tertiary/aromatic N) is 2. The van der Waals surface area contributed by atoms with Crippen LogP contribution in [-0.4, -0.2) is 57.4 Å². The minimum absolute atomic E-state index is 0.0960. The molecule has 2 aromatic rings. The number of rotatable bonds is 7. The molecule has 1 atom stereocenters. The number of thiophene rings is 1. The summed E-state index contributed by atoms with van der Waals surface area (Å²) in [5.74, 6) is 0. The van der Waals surface area contributed by atoms with Crippen molar-refractivity contribution in [2.45, 2.75) is 23.8 Å². The molecule has 0 bridgehead atoms. The largest absolute Gasteiger partial charge is 0.336 e. The van der Waals surface area contributed by atoms with E-state index >= 15 is 0 Å². The molecule has 2 N–H and O–H groups in total. The van der Waals surface area contributed by atoms with Crippen LogP contribution in [0, 0.1) is 0 Å². The number of carbonyl (C=O) groups is 1. The van der Waals surface area contributed by atoms with E-state index in [2.05, 4.69) is 21.6 Å². The van der Waals surface area contributed by atoms with Crippen molar-refractivity contribution in [1.29, 1.82) is 0 Å². The number of sulfonamides is 1. The molecular formula is C19H26N4O3S2. The lowest BCUT2D eigenvalue weighted by Crippen LogP contribution is -2.36. The lowest BCUT2D eigenvalue weighted by molar-refractivity contribution is 0.244. The molecule has 2 amide bonds. The number of urea groups is 1. The number of hydrogen-bond acceptors (Lipinski definition) is 5. The molecule has 1 aromatic heterocycles. The first-order valence-corrected chi connectivity index (χ1v) is 11.5. The molecule has 0 spiro atoms. The molecule has 1 saturated heterocycles. The molecule has 0 radical (unpaired) electrons. The van der Waals surface area contributed by atoms with Gasteiger partial charge < -0.3 is 15.5 Å². The van der Waals surface area contributed by atoms with E-state index < -0.39 is 10.0 Å². The molecule has 0 unspecified atom stereocenters. The number of hydrogen-bond donors (Lipinski definition) is 2. The minimum Gasteiger partial charge on any atom is -0.336 e. The van der Waals surface area contributed by atoms with Gasteiger partial charge >= 0.3 is 6.03 Å². The molecule has 1 aliphatic rings. The van der Waals surface area contributed by atoms with Gasteiger partial charge in [0.25, 0.3) is 0 Å². The molecular weight excluding hydrogens is 396 g/mol. The Kier molecular flexibility index (Phi) is 6.71. The highest BCUT2D eigenvalue weighted by Gasteiger charge is 2.27. The highest BCUT2D eigenvalue weighted by molar-refractivity contribution is 7.89. The molecule has 152 valence electrons. The van der Waals surface area contributed by atoms with Crippen molar-refractivity contribution in [2.24, 2.45) is 0 Å². The van der Waals surface area contributed by atoms with E-state index in [9.17, 15) is 13.2 Å². The Bertz CT molecular complexity index is 874. The Labute approximate surface area is 170 Å². The molecule has 2 heterocycles. The third-order valence-corrected chi connectivity index (χ3v) is 7.65. The van der Waals surface area contributed by atoms with E-state index in [-0.39, 0.29) is 17.0 Å². The maximum absolute atomic E-state index is 12.5. The summed E-state index contributed by atoms with van der Waals surface area (Å²) in [7, 11) is 0.512. The fourth-order valence-corrected chi connectivity index (χ4v) is 5.61. The minimum atomic E-state index is -3.44.